The van der Waals surface area contributed by atoms with E-state index in [9.17, 15) is 4.79 Å². The minimum atomic E-state index is -0.176. The van der Waals surface area contributed by atoms with E-state index >= 15 is 0 Å². The van der Waals surface area contributed by atoms with Gasteiger partial charge >= 0.3 is 0 Å². The van der Waals surface area contributed by atoms with E-state index in [0.717, 1.165) is 28.1 Å². The molecular formula is C22H21N5O2. The number of hydrogen-bond donors (Lipinski definition) is 1. The second kappa shape index (κ2) is 7.35. The van der Waals surface area contributed by atoms with Crippen molar-refractivity contribution in [2.24, 2.45) is 0 Å². The molecule has 0 aliphatic rings. The minimum Gasteiger partial charge on any atom is -0.339 e. The van der Waals surface area contributed by atoms with Gasteiger partial charge in [0.25, 0.3) is 5.91 Å². The summed E-state index contributed by atoms with van der Waals surface area (Å²) in [6.07, 6.45) is 1.74. The molecule has 0 aliphatic heterocycles. The highest BCUT2D eigenvalue weighted by atomic mass is 16.5. The van der Waals surface area contributed by atoms with Crippen LogP contribution in [0.15, 0.2) is 53.2 Å². The van der Waals surface area contributed by atoms with Gasteiger partial charge in [-0.15, -0.1) is 0 Å². The highest BCUT2D eigenvalue weighted by molar-refractivity contribution is 6.05. The van der Waals surface area contributed by atoms with E-state index in [4.69, 9.17) is 4.52 Å². The van der Waals surface area contributed by atoms with Gasteiger partial charge in [-0.2, -0.15) is 10.1 Å². The van der Waals surface area contributed by atoms with Crippen molar-refractivity contribution in [1.29, 1.82) is 0 Å². The van der Waals surface area contributed by atoms with Crippen LogP contribution in [-0.2, 0) is 0 Å². The average molecular weight is 387 g/mol. The Morgan fingerprint density at radius 2 is 1.69 bits per heavy atom. The maximum absolute atomic E-state index is 12.8. The fraction of sp³-hybridized carbons (Fsp3) is 0.182. The highest BCUT2D eigenvalue weighted by Crippen LogP contribution is 2.22. The van der Waals surface area contributed by atoms with Crippen molar-refractivity contribution in [3.05, 3.63) is 76.9 Å². The Kier molecular flexibility index (Phi) is 4.72. The van der Waals surface area contributed by atoms with Crippen LogP contribution in [0.4, 0.5) is 5.69 Å². The number of nitrogens with zero attached hydrogens (tertiary/aromatic N) is 4. The lowest BCUT2D eigenvalue weighted by Gasteiger charge is -2.10. The van der Waals surface area contributed by atoms with Crippen LogP contribution in [0.5, 0.6) is 0 Å². The molecule has 0 unspecified atom stereocenters. The molecule has 0 bridgehead atoms. The monoisotopic (exact) mass is 387 g/mol. The summed E-state index contributed by atoms with van der Waals surface area (Å²) in [5.41, 5.74) is 5.76. The van der Waals surface area contributed by atoms with Crippen molar-refractivity contribution in [3.63, 3.8) is 0 Å². The summed E-state index contributed by atoms with van der Waals surface area (Å²) < 4.78 is 6.72. The molecule has 1 amide bonds. The molecule has 7 nitrogen and oxygen atoms in total. The summed E-state index contributed by atoms with van der Waals surface area (Å²) in [5, 5.41) is 11.4. The van der Waals surface area contributed by atoms with Crippen LogP contribution < -0.4 is 5.32 Å². The zero-order valence-electron chi connectivity index (χ0n) is 16.7. The van der Waals surface area contributed by atoms with E-state index in [1.165, 1.54) is 0 Å². The number of amides is 1. The molecule has 0 saturated carbocycles. The third-order valence-corrected chi connectivity index (χ3v) is 4.78. The summed E-state index contributed by atoms with van der Waals surface area (Å²) in [4.78, 5) is 17.1. The molecule has 0 atom stereocenters. The van der Waals surface area contributed by atoms with Crippen molar-refractivity contribution in [2.45, 2.75) is 27.7 Å². The zero-order valence-corrected chi connectivity index (χ0v) is 16.7. The third kappa shape index (κ3) is 3.67. The fourth-order valence-electron chi connectivity index (χ4n) is 3.19. The average Bonchev–Trinajstić information content (AvgIpc) is 3.31. The molecule has 0 aliphatic carbocycles. The number of rotatable bonds is 4. The number of aromatic nitrogens is 4. The standard InChI is InChI=1S/C22H21N5O2/c1-13-6-5-7-14(2)20(13)24-22(28)19-12-27(25-15(19)3)18-10-8-17(9-11-18)21-23-16(4)29-26-21/h5-12H,1-4H3,(H,24,28). The molecule has 1 N–H and O–H groups in total. The van der Waals surface area contributed by atoms with Crippen LogP contribution in [0.1, 0.15) is 33.1 Å². The number of carbonyl (C=O) groups excluding carboxylic acids is 1. The SMILES string of the molecule is Cc1nc(-c2ccc(-n3cc(C(=O)Nc4c(C)cccc4C)c(C)n3)cc2)no1. The molecule has 7 heteroatoms. The molecule has 2 heterocycles. The molecular weight excluding hydrogens is 366 g/mol. The van der Waals surface area contributed by atoms with E-state index in [0.29, 0.717) is 23.0 Å². The number of hydrogen-bond acceptors (Lipinski definition) is 5. The van der Waals surface area contributed by atoms with Gasteiger partial charge in [-0.25, -0.2) is 4.68 Å². The zero-order chi connectivity index (χ0) is 20.5. The summed E-state index contributed by atoms with van der Waals surface area (Å²) in [6.45, 7) is 7.53. The molecule has 4 rings (SSSR count). The lowest BCUT2D eigenvalue weighted by Crippen LogP contribution is -2.14. The lowest BCUT2D eigenvalue weighted by atomic mass is 10.1. The molecule has 2 aromatic carbocycles. The Hall–Kier alpha value is -3.74. The van der Waals surface area contributed by atoms with Gasteiger partial charge in [0.15, 0.2) is 0 Å². The van der Waals surface area contributed by atoms with E-state index in [-0.39, 0.29) is 5.91 Å². The third-order valence-electron chi connectivity index (χ3n) is 4.78. The number of para-hydroxylation sites is 1. The maximum Gasteiger partial charge on any atom is 0.259 e. The predicted molar refractivity (Wildman–Crippen MR) is 110 cm³/mol. The normalized spacial score (nSPS) is 10.9. The van der Waals surface area contributed by atoms with Gasteiger partial charge in [0, 0.05) is 24.4 Å². The molecule has 0 spiro atoms. The Bertz CT molecular complexity index is 1170. The first-order chi connectivity index (χ1) is 13.9. The largest absolute Gasteiger partial charge is 0.339 e. The highest BCUT2D eigenvalue weighted by Gasteiger charge is 2.16. The molecule has 0 fully saturated rings. The van der Waals surface area contributed by atoms with Gasteiger partial charge in [0.05, 0.1) is 16.9 Å². The van der Waals surface area contributed by atoms with Crippen LogP contribution in [0.2, 0.25) is 0 Å². The second-order valence-electron chi connectivity index (χ2n) is 6.98. The Balaban J connectivity index is 1.58. The fourth-order valence-corrected chi connectivity index (χ4v) is 3.19. The van der Waals surface area contributed by atoms with Crippen molar-refractivity contribution in [3.8, 4) is 17.1 Å². The summed E-state index contributed by atoms with van der Waals surface area (Å²) in [6, 6.07) is 13.5. The van der Waals surface area contributed by atoms with Gasteiger partial charge in [-0.1, -0.05) is 23.4 Å². The van der Waals surface area contributed by atoms with Crippen molar-refractivity contribution < 1.29 is 9.32 Å². The number of aryl methyl sites for hydroxylation is 4. The molecule has 2 aromatic heterocycles. The number of carbonyl (C=O) groups is 1. The molecule has 29 heavy (non-hydrogen) atoms. The van der Waals surface area contributed by atoms with Gasteiger partial charge in [0.2, 0.25) is 11.7 Å². The van der Waals surface area contributed by atoms with E-state index in [1.807, 2.05) is 63.2 Å². The molecule has 146 valence electrons. The van der Waals surface area contributed by atoms with Gasteiger partial charge in [-0.05, 0) is 56.2 Å². The molecule has 4 aromatic rings. The van der Waals surface area contributed by atoms with Crippen molar-refractivity contribution in [2.75, 3.05) is 5.32 Å². The van der Waals surface area contributed by atoms with Crippen LogP contribution in [0, 0.1) is 27.7 Å². The summed E-state index contributed by atoms with van der Waals surface area (Å²) in [5.74, 6) is 0.885. The number of anilines is 1. The maximum atomic E-state index is 12.8. The minimum absolute atomic E-state index is 0.176. The Labute approximate surface area is 168 Å². The van der Waals surface area contributed by atoms with Gasteiger partial charge in [0.1, 0.15) is 0 Å². The predicted octanol–water partition coefficient (Wildman–Crippen LogP) is 4.41. The Morgan fingerprint density at radius 3 is 2.31 bits per heavy atom. The van der Waals surface area contributed by atoms with Crippen molar-refractivity contribution in [1.82, 2.24) is 19.9 Å². The topological polar surface area (TPSA) is 85.8 Å². The quantitative estimate of drug-likeness (QED) is 0.561. The van der Waals surface area contributed by atoms with E-state index in [2.05, 4.69) is 20.6 Å². The van der Waals surface area contributed by atoms with Gasteiger partial charge < -0.3 is 9.84 Å². The second-order valence-corrected chi connectivity index (χ2v) is 6.98. The molecule has 0 saturated heterocycles. The smallest absolute Gasteiger partial charge is 0.259 e. The number of benzene rings is 2. The summed E-state index contributed by atoms with van der Waals surface area (Å²) in [7, 11) is 0. The first-order valence-electron chi connectivity index (χ1n) is 9.27. The summed E-state index contributed by atoms with van der Waals surface area (Å²) >= 11 is 0. The number of nitrogens with one attached hydrogen (secondary N) is 1. The van der Waals surface area contributed by atoms with Crippen LogP contribution in [0.3, 0.4) is 0 Å². The van der Waals surface area contributed by atoms with Crippen LogP contribution >= 0.6 is 0 Å². The first-order valence-corrected chi connectivity index (χ1v) is 9.27. The van der Waals surface area contributed by atoms with Crippen LogP contribution in [0.25, 0.3) is 17.1 Å². The van der Waals surface area contributed by atoms with Crippen molar-refractivity contribution >= 4 is 11.6 Å². The van der Waals surface area contributed by atoms with E-state index in [1.54, 1.807) is 17.8 Å². The van der Waals surface area contributed by atoms with E-state index < -0.39 is 0 Å². The Morgan fingerprint density at radius 1 is 1.00 bits per heavy atom. The molecule has 0 radical (unpaired) electrons. The lowest BCUT2D eigenvalue weighted by molar-refractivity contribution is 0.102. The first kappa shape index (κ1) is 18.6. The van der Waals surface area contributed by atoms with Gasteiger partial charge in [-0.3, -0.25) is 4.79 Å². The van der Waals surface area contributed by atoms with Crippen LogP contribution in [-0.4, -0.2) is 25.8 Å².